The summed E-state index contributed by atoms with van der Waals surface area (Å²) in [4.78, 5) is 16.8. The first-order chi connectivity index (χ1) is 10.7. The van der Waals surface area contributed by atoms with Crippen LogP contribution in [0.15, 0.2) is 35.3 Å². The molecule has 0 unspecified atom stereocenters. The van der Waals surface area contributed by atoms with Crippen LogP contribution in [0, 0.1) is 17.8 Å². The smallest absolute Gasteiger partial charge is 0.162 e. The van der Waals surface area contributed by atoms with E-state index in [9.17, 15) is 9.90 Å². The number of benzene rings is 1. The first kappa shape index (κ1) is 14.4. The third-order valence-electron chi connectivity index (χ3n) is 3.13. The van der Waals surface area contributed by atoms with E-state index in [0.717, 1.165) is 16.9 Å². The quantitative estimate of drug-likeness (QED) is 0.297. The Hall–Kier alpha value is -2.58. The molecule has 1 aromatic heterocycles. The third kappa shape index (κ3) is 3.74. The monoisotopic (exact) mass is 310 g/mol. The zero-order valence-corrected chi connectivity index (χ0v) is 12.6. The zero-order chi connectivity index (χ0) is 15.4. The molecule has 110 valence electrons. The summed E-state index contributed by atoms with van der Waals surface area (Å²) in [5.41, 5.74) is 1.42. The molecule has 0 atom stereocenters. The van der Waals surface area contributed by atoms with E-state index >= 15 is 0 Å². The average Bonchev–Trinajstić information content (AvgIpc) is 3.28. The molecule has 1 fully saturated rings. The second kappa shape index (κ2) is 6.46. The van der Waals surface area contributed by atoms with Gasteiger partial charge in [-0.25, -0.2) is 4.99 Å². The lowest BCUT2D eigenvalue weighted by atomic mass is 10.3. The first-order valence-corrected chi connectivity index (χ1v) is 7.75. The minimum Gasteiger partial charge on any atom is -0.508 e. The van der Waals surface area contributed by atoms with Crippen molar-refractivity contribution in [2.45, 2.75) is 12.8 Å². The van der Waals surface area contributed by atoms with Gasteiger partial charge in [0.2, 0.25) is 0 Å². The summed E-state index contributed by atoms with van der Waals surface area (Å²) in [6, 6.07) is 8.48. The number of rotatable bonds is 4. The summed E-state index contributed by atoms with van der Waals surface area (Å²) in [5, 5.41) is 12.2. The van der Waals surface area contributed by atoms with Gasteiger partial charge in [-0.15, -0.1) is 11.3 Å². The summed E-state index contributed by atoms with van der Waals surface area (Å²) >= 11 is 1.36. The molecular weight excluding hydrogens is 296 g/mol. The molecule has 0 amide bonds. The summed E-state index contributed by atoms with van der Waals surface area (Å²) in [6.07, 6.45) is 4.70. The van der Waals surface area contributed by atoms with Crippen LogP contribution in [0.2, 0.25) is 0 Å². The summed E-state index contributed by atoms with van der Waals surface area (Å²) < 4.78 is 0. The number of hydrogen-bond donors (Lipinski definition) is 2. The second-order valence-corrected chi connectivity index (χ2v) is 6.05. The van der Waals surface area contributed by atoms with Gasteiger partial charge in [0.05, 0.1) is 21.8 Å². The van der Waals surface area contributed by atoms with Gasteiger partial charge in [-0.05, 0) is 43.2 Å². The van der Waals surface area contributed by atoms with Crippen LogP contribution < -0.4 is 5.32 Å². The van der Waals surface area contributed by atoms with E-state index in [2.05, 4.69) is 22.2 Å². The predicted molar refractivity (Wildman–Crippen MR) is 89.2 cm³/mol. The maximum absolute atomic E-state index is 11.1. The van der Waals surface area contributed by atoms with Crippen LogP contribution in [0.5, 0.6) is 5.75 Å². The van der Waals surface area contributed by atoms with Gasteiger partial charge in [0.25, 0.3) is 0 Å². The number of phenols is 1. The van der Waals surface area contributed by atoms with E-state index in [-0.39, 0.29) is 5.75 Å². The van der Waals surface area contributed by atoms with E-state index in [0.29, 0.717) is 16.5 Å². The molecule has 1 aromatic carbocycles. The summed E-state index contributed by atoms with van der Waals surface area (Å²) in [6.45, 7) is 0. The van der Waals surface area contributed by atoms with E-state index in [1.165, 1.54) is 30.5 Å². The average molecular weight is 310 g/mol. The predicted octanol–water partition coefficient (Wildman–Crippen LogP) is 3.80. The molecule has 3 rings (SSSR count). The van der Waals surface area contributed by atoms with E-state index in [1.807, 2.05) is 6.07 Å². The van der Waals surface area contributed by atoms with E-state index in [4.69, 9.17) is 0 Å². The topological polar surface area (TPSA) is 61.7 Å². The van der Waals surface area contributed by atoms with Gasteiger partial charge in [-0.2, -0.15) is 0 Å². The molecular formula is C17H14N2O2S. The largest absolute Gasteiger partial charge is 0.508 e. The molecule has 1 aliphatic rings. The molecule has 4 nitrogen and oxygen atoms in total. The van der Waals surface area contributed by atoms with E-state index < -0.39 is 0 Å². The van der Waals surface area contributed by atoms with Crippen LogP contribution >= 0.6 is 11.3 Å². The highest BCUT2D eigenvalue weighted by Gasteiger charge is 2.18. The molecule has 0 bridgehead atoms. The van der Waals surface area contributed by atoms with Crippen molar-refractivity contribution in [1.29, 1.82) is 0 Å². The van der Waals surface area contributed by atoms with Crippen LogP contribution in [0.4, 0.5) is 11.4 Å². The highest BCUT2D eigenvalue weighted by Crippen LogP contribution is 2.30. The Kier molecular flexibility index (Phi) is 4.22. The van der Waals surface area contributed by atoms with Gasteiger partial charge < -0.3 is 10.4 Å². The van der Waals surface area contributed by atoms with Crippen LogP contribution in [-0.2, 0) is 0 Å². The van der Waals surface area contributed by atoms with Crippen molar-refractivity contribution < 1.29 is 9.90 Å². The van der Waals surface area contributed by atoms with Gasteiger partial charge in [0.1, 0.15) is 5.75 Å². The lowest BCUT2D eigenvalue weighted by Crippen LogP contribution is -1.93. The van der Waals surface area contributed by atoms with Crippen LogP contribution in [0.3, 0.4) is 0 Å². The van der Waals surface area contributed by atoms with Gasteiger partial charge in [0.15, 0.2) is 6.29 Å². The number of anilines is 1. The third-order valence-corrected chi connectivity index (χ3v) is 4.09. The Balaban J connectivity index is 1.70. The van der Waals surface area contributed by atoms with Crippen LogP contribution in [-0.4, -0.2) is 17.7 Å². The lowest BCUT2D eigenvalue weighted by Gasteiger charge is -1.99. The SMILES string of the molecule is O=Cc1sc(C#CC2CC2)cc1N=CNc1ccc(O)cc1. The fourth-order valence-electron chi connectivity index (χ4n) is 1.78. The van der Waals surface area contributed by atoms with Crippen molar-refractivity contribution in [3.8, 4) is 17.6 Å². The molecule has 0 aliphatic heterocycles. The first-order valence-electron chi connectivity index (χ1n) is 6.93. The number of aromatic hydroxyl groups is 1. The van der Waals surface area contributed by atoms with Crippen molar-refractivity contribution in [2.75, 3.05) is 5.32 Å². The van der Waals surface area contributed by atoms with Crippen LogP contribution in [0.25, 0.3) is 0 Å². The molecule has 0 radical (unpaired) electrons. The number of phenolic OH excluding ortho intramolecular Hbond substituents is 1. The highest BCUT2D eigenvalue weighted by atomic mass is 32.1. The molecule has 22 heavy (non-hydrogen) atoms. The van der Waals surface area contributed by atoms with Gasteiger partial charge in [-0.1, -0.05) is 11.8 Å². The fraction of sp³-hybridized carbons (Fsp3) is 0.176. The molecule has 1 saturated carbocycles. The van der Waals surface area contributed by atoms with Gasteiger partial charge in [-0.3, -0.25) is 4.79 Å². The minimum absolute atomic E-state index is 0.211. The number of aldehydes is 1. The zero-order valence-electron chi connectivity index (χ0n) is 11.7. The van der Waals surface area contributed by atoms with Crippen molar-refractivity contribution in [3.05, 3.63) is 40.1 Å². The van der Waals surface area contributed by atoms with E-state index in [1.54, 1.807) is 24.3 Å². The summed E-state index contributed by atoms with van der Waals surface area (Å²) in [5.74, 6) is 7.02. The van der Waals surface area contributed by atoms with Crippen molar-refractivity contribution in [1.82, 2.24) is 0 Å². The fourth-order valence-corrected chi connectivity index (χ4v) is 2.56. The van der Waals surface area contributed by atoms with Crippen molar-refractivity contribution in [2.24, 2.45) is 10.9 Å². The van der Waals surface area contributed by atoms with Gasteiger partial charge >= 0.3 is 0 Å². The molecule has 2 N–H and O–H groups in total. The van der Waals surface area contributed by atoms with Crippen molar-refractivity contribution >= 4 is 35.3 Å². The number of carbonyl (C=O) groups excluding carboxylic acids is 1. The van der Waals surface area contributed by atoms with Crippen LogP contribution in [0.1, 0.15) is 27.4 Å². The Morgan fingerprint density at radius 1 is 1.32 bits per heavy atom. The standard InChI is InChI=1S/C17H14N2O2S/c20-10-17-16(9-15(22-17)8-3-12-1-2-12)19-11-18-13-4-6-14(21)7-5-13/h4-7,9-12,21H,1-2H2,(H,18,19). The normalized spacial score (nSPS) is 13.6. The Morgan fingerprint density at radius 3 is 2.77 bits per heavy atom. The van der Waals surface area contributed by atoms with Crippen molar-refractivity contribution in [3.63, 3.8) is 0 Å². The maximum atomic E-state index is 11.1. The Morgan fingerprint density at radius 2 is 2.09 bits per heavy atom. The maximum Gasteiger partial charge on any atom is 0.162 e. The number of carbonyl (C=O) groups is 1. The number of nitrogens with zero attached hydrogens (tertiary/aromatic N) is 1. The number of thiophene rings is 1. The Labute approximate surface area is 132 Å². The Bertz CT molecular complexity index is 762. The van der Waals surface area contributed by atoms with Gasteiger partial charge in [0, 0.05) is 11.6 Å². The lowest BCUT2D eigenvalue weighted by molar-refractivity contribution is 0.112. The molecule has 0 spiro atoms. The number of aliphatic imine (C=N–C) groups is 1. The number of nitrogens with one attached hydrogen (secondary N) is 1. The minimum atomic E-state index is 0.211. The molecule has 5 heteroatoms. The molecule has 1 heterocycles. The highest BCUT2D eigenvalue weighted by molar-refractivity contribution is 7.14. The second-order valence-electron chi connectivity index (χ2n) is 4.97. The number of hydrogen-bond acceptors (Lipinski definition) is 4. The summed E-state index contributed by atoms with van der Waals surface area (Å²) in [7, 11) is 0. The molecule has 0 saturated heterocycles. The molecule has 1 aliphatic carbocycles. The molecule has 2 aromatic rings.